The molecule has 1 atom stereocenters. The second-order valence-electron chi connectivity index (χ2n) is 7.51. The van der Waals surface area contributed by atoms with E-state index >= 15 is 0 Å². The molecule has 1 aliphatic rings. The molecule has 2 aromatic carbocycles. The minimum atomic E-state index is -0.177. The van der Waals surface area contributed by atoms with E-state index in [0.717, 1.165) is 22.8 Å². The lowest BCUT2D eigenvalue weighted by Gasteiger charge is -2.07. The number of aryl methyl sites for hydroxylation is 1. The highest BCUT2D eigenvalue weighted by Gasteiger charge is 2.31. The average Bonchev–Trinajstić information content (AvgIpc) is 3.41. The van der Waals surface area contributed by atoms with Crippen molar-refractivity contribution in [3.05, 3.63) is 95.6 Å². The van der Waals surface area contributed by atoms with E-state index in [9.17, 15) is 4.79 Å². The summed E-state index contributed by atoms with van der Waals surface area (Å²) >= 11 is 0. The van der Waals surface area contributed by atoms with Crippen LogP contribution >= 0.6 is 0 Å². The molecule has 30 heavy (non-hydrogen) atoms. The zero-order chi connectivity index (χ0) is 20.5. The quantitative estimate of drug-likeness (QED) is 0.421. The Balaban J connectivity index is 1.31. The Morgan fingerprint density at radius 3 is 2.63 bits per heavy atom. The predicted molar refractivity (Wildman–Crippen MR) is 113 cm³/mol. The molecular formula is C25H20N2O3. The number of rotatable bonds is 5. The lowest BCUT2D eigenvalue weighted by Crippen LogP contribution is -2.15. The Morgan fingerprint density at radius 1 is 0.967 bits per heavy atom. The van der Waals surface area contributed by atoms with E-state index in [1.165, 1.54) is 5.56 Å². The fourth-order valence-corrected chi connectivity index (χ4v) is 3.83. The average molecular weight is 396 g/mol. The van der Waals surface area contributed by atoms with Crippen molar-refractivity contribution < 1.29 is 13.9 Å². The first-order chi connectivity index (χ1) is 14.7. The van der Waals surface area contributed by atoms with Gasteiger partial charge in [-0.2, -0.15) is 0 Å². The third kappa shape index (κ3) is 3.62. The third-order valence-electron chi connectivity index (χ3n) is 5.32. The summed E-state index contributed by atoms with van der Waals surface area (Å²) in [5, 5.41) is 0. The summed E-state index contributed by atoms with van der Waals surface area (Å²) in [5.74, 6) is 1.97. The van der Waals surface area contributed by atoms with Crippen molar-refractivity contribution in [2.75, 3.05) is 0 Å². The number of fused-ring (bicyclic) bond motifs is 1. The molecule has 0 saturated carbocycles. The SMILES string of the molecule is Cc1cccc(-c2cnc(C(=O)C3Cc4ccc(Oc5ccccc5)cc4C3)o2)n1. The fourth-order valence-electron chi connectivity index (χ4n) is 3.83. The Kier molecular flexibility index (Phi) is 4.64. The van der Waals surface area contributed by atoms with Gasteiger partial charge in [-0.05, 0) is 67.3 Å². The highest BCUT2D eigenvalue weighted by molar-refractivity contribution is 5.95. The van der Waals surface area contributed by atoms with Gasteiger partial charge in [-0.15, -0.1) is 0 Å². The standard InChI is InChI=1S/C25H20N2O3/c1-16-6-5-9-22(27-16)23-15-26-25(30-23)24(28)19-12-17-10-11-21(14-18(17)13-19)29-20-7-3-2-4-8-20/h2-11,14-15,19H,12-13H2,1H3. The number of hydrogen-bond donors (Lipinski definition) is 0. The van der Waals surface area contributed by atoms with Crippen molar-refractivity contribution in [2.24, 2.45) is 5.92 Å². The van der Waals surface area contributed by atoms with Crippen molar-refractivity contribution in [2.45, 2.75) is 19.8 Å². The van der Waals surface area contributed by atoms with Crippen LogP contribution in [0.4, 0.5) is 0 Å². The summed E-state index contributed by atoms with van der Waals surface area (Å²) in [7, 11) is 0. The van der Waals surface area contributed by atoms with Gasteiger partial charge in [0.15, 0.2) is 5.76 Å². The van der Waals surface area contributed by atoms with Gasteiger partial charge in [0.1, 0.15) is 17.2 Å². The van der Waals surface area contributed by atoms with E-state index in [4.69, 9.17) is 9.15 Å². The second kappa shape index (κ2) is 7.59. The zero-order valence-electron chi connectivity index (χ0n) is 16.5. The van der Waals surface area contributed by atoms with Gasteiger partial charge in [-0.25, -0.2) is 9.97 Å². The van der Waals surface area contributed by atoms with Crippen LogP contribution in [0.25, 0.3) is 11.5 Å². The monoisotopic (exact) mass is 396 g/mol. The van der Waals surface area contributed by atoms with E-state index in [0.29, 0.717) is 24.3 Å². The topological polar surface area (TPSA) is 65.2 Å². The molecule has 0 spiro atoms. The van der Waals surface area contributed by atoms with Crippen molar-refractivity contribution in [1.82, 2.24) is 9.97 Å². The van der Waals surface area contributed by atoms with Crippen LogP contribution in [0.3, 0.4) is 0 Å². The number of aromatic nitrogens is 2. The van der Waals surface area contributed by atoms with Gasteiger partial charge in [0.05, 0.1) is 6.20 Å². The van der Waals surface area contributed by atoms with Gasteiger partial charge in [0.25, 0.3) is 5.89 Å². The normalized spacial score (nSPS) is 15.0. The molecule has 0 N–H and O–H groups in total. The second-order valence-corrected chi connectivity index (χ2v) is 7.51. The Morgan fingerprint density at radius 2 is 1.80 bits per heavy atom. The summed E-state index contributed by atoms with van der Waals surface area (Å²) < 4.78 is 11.7. The molecule has 5 nitrogen and oxygen atoms in total. The van der Waals surface area contributed by atoms with Crippen molar-refractivity contribution >= 4 is 5.78 Å². The van der Waals surface area contributed by atoms with Crippen molar-refractivity contribution in [1.29, 1.82) is 0 Å². The van der Waals surface area contributed by atoms with Gasteiger partial charge in [0, 0.05) is 11.6 Å². The van der Waals surface area contributed by atoms with Gasteiger partial charge in [-0.3, -0.25) is 4.79 Å². The zero-order valence-corrected chi connectivity index (χ0v) is 16.5. The third-order valence-corrected chi connectivity index (χ3v) is 5.32. The summed E-state index contributed by atoms with van der Waals surface area (Å²) in [5.41, 5.74) is 3.87. The molecule has 0 aliphatic heterocycles. The Labute approximate surface area is 174 Å². The molecule has 2 heterocycles. The highest BCUT2D eigenvalue weighted by Crippen LogP contribution is 2.33. The first kappa shape index (κ1) is 18.3. The number of ketones is 1. The summed E-state index contributed by atoms with van der Waals surface area (Å²) in [6.07, 6.45) is 2.91. The molecule has 4 aromatic rings. The van der Waals surface area contributed by atoms with Gasteiger partial charge >= 0.3 is 0 Å². The van der Waals surface area contributed by atoms with Crippen LogP contribution in [0.2, 0.25) is 0 Å². The van der Waals surface area contributed by atoms with E-state index in [1.807, 2.05) is 73.7 Å². The highest BCUT2D eigenvalue weighted by atomic mass is 16.5. The number of carbonyl (C=O) groups excluding carboxylic acids is 1. The Bertz CT molecular complexity index is 1210. The number of para-hydroxylation sites is 1. The summed E-state index contributed by atoms with van der Waals surface area (Å²) in [4.78, 5) is 21.6. The van der Waals surface area contributed by atoms with E-state index in [1.54, 1.807) is 6.20 Å². The number of nitrogens with zero attached hydrogens (tertiary/aromatic N) is 2. The van der Waals surface area contributed by atoms with Crippen molar-refractivity contribution in [3.8, 4) is 23.0 Å². The number of Topliss-reactive ketones (excluding diaryl/α,β-unsaturated/α-hetero) is 1. The molecule has 0 amide bonds. The summed E-state index contributed by atoms with van der Waals surface area (Å²) in [6, 6.07) is 21.4. The number of hydrogen-bond acceptors (Lipinski definition) is 5. The molecule has 0 fully saturated rings. The van der Waals surface area contributed by atoms with E-state index < -0.39 is 0 Å². The molecule has 0 bridgehead atoms. The Hall–Kier alpha value is -3.73. The van der Waals surface area contributed by atoms with E-state index in [-0.39, 0.29) is 17.6 Å². The number of ether oxygens (including phenoxy) is 1. The minimum absolute atomic E-state index is 0.0735. The van der Waals surface area contributed by atoms with Crippen LogP contribution in [-0.2, 0) is 12.8 Å². The van der Waals surface area contributed by atoms with Crippen LogP contribution in [0.1, 0.15) is 27.5 Å². The van der Waals surface area contributed by atoms with Crippen LogP contribution in [0.15, 0.2) is 77.3 Å². The van der Waals surface area contributed by atoms with E-state index in [2.05, 4.69) is 9.97 Å². The molecule has 0 radical (unpaired) electrons. The van der Waals surface area contributed by atoms with Gasteiger partial charge in [-0.1, -0.05) is 30.3 Å². The molecule has 2 aromatic heterocycles. The molecular weight excluding hydrogens is 376 g/mol. The first-order valence-electron chi connectivity index (χ1n) is 9.94. The van der Waals surface area contributed by atoms with Crippen LogP contribution in [0, 0.1) is 12.8 Å². The maximum Gasteiger partial charge on any atom is 0.264 e. The molecule has 5 heteroatoms. The maximum absolute atomic E-state index is 13.0. The number of carbonyl (C=O) groups is 1. The fraction of sp³-hybridized carbons (Fsp3) is 0.160. The maximum atomic E-state index is 13.0. The number of oxazole rings is 1. The van der Waals surface area contributed by atoms with Crippen LogP contribution < -0.4 is 4.74 Å². The lowest BCUT2D eigenvalue weighted by atomic mass is 10.0. The predicted octanol–water partition coefficient (Wildman–Crippen LogP) is 5.44. The number of benzene rings is 2. The smallest absolute Gasteiger partial charge is 0.264 e. The van der Waals surface area contributed by atoms with Gasteiger partial charge < -0.3 is 9.15 Å². The van der Waals surface area contributed by atoms with Crippen LogP contribution in [0.5, 0.6) is 11.5 Å². The molecule has 1 unspecified atom stereocenters. The largest absolute Gasteiger partial charge is 0.457 e. The van der Waals surface area contributed by atoms with Crippen molar-refractivity contribution in [3.63, 3.8) is 0 Å². The molecule has 0 saturated heterocycles. The molecule has 148 valence electrons. The minimum Gasteiger partial charge on any atom is -0.457 e. The number of pyridine rings is 1. The van der Waals surface area contributed by atoms with Crippen LogP contribution in [-0.4, -0.2) is 15.8 Å². The van der Waals surface area contributed by atoms with Gasteiger partial charge in [0.2, 0.25) is 5.78 Å². The summed E-state index contributed by atoms with van der Waals surface area (Å²) in [6.45, 7) is 1.91. The lowest BCUT2D eigenvalue weighted by molar-refractivity contribution is 0.0890. The molecule has 1 aliphatic carbocycles. The molecule has 5 rings (SSSR count). The first-order valence-corrected chi connectivity index (χ1v) is 9.94.